The van der Waals surface area contributed by atoms with Crippen molar-refractivity contribution >= 4 is 23.3 Å². The second-order valence-electron chi connectivity index (χ2n) is 4.05. The summed E-state index contributed by atoms with van der Waals surface area (Å²) in [7, 11) is 4.24. The molecule has 110 valence electrons. The number of ketones is 2. The van der Waals surface area contributed by atoms with E-state index in [4.69, 9.17) is 14.2 Å². The van der Waals surface area contributed by atoms with Crippen molar-refractivity contribution in [3.63, 3.8) is 0 Å². The van der Waals surface area contributed by atoms with Crippen LogP contribution in [0.5, 0.6) is 5.75 Å². The van der Waals surface area contributed by atoms with Gasteiger partial charge in [-0.2, -0.15) is 0 Å². The molecule has 0 atom stereocenters. The van der Waals surface area contributed by atoms with E-state index < -0.39 is 0 Å². The molecule has 0 fully saturated rings. The molecule has 0 radical (unpaired) electrons. The Morgan fingerprint density at radius 3 is 2.00 bits per heavy atom. The monoisotopic (exact) mass is 306 g/mol. The molecule has 0 aliphatic heterocycles. The first-order chi connectivity index (χ1) is 10.1. The van der Waals surface area contributed by atoms with Gasteiger partial charge >= 0.3 is 0 Å². The Balaban J connectivity index is 2.24. The first-order valence-electron chi connectivity index (χ1n) is 6.05. The zero-order valence-electron chi connectivity index (χ0n) is 11.8. The molecule has 1 aromatic carbocycles. The van der Waals surface area contributed by atoms with Crippen LogP contribution >= 0.6 is 11.8 Å². The summed E-state index contributed by atoms with van der Waals surface area (Å²) in [5.74, 6) is -0.166. The number of allylic oxidation sites excluding steroid dienone is 2. The van der Waals surface area contributed by atoms with Gasteiger partial charge in [0.05, 0.1) is 26.2 Å². The molecule has 2 rings (SSSR count). The molecule has 0 saturated heterocycles. The van der Waals surface area contributed by atoms with E-state index in [1.54, 1.807) is 19.2 Å². The maximum absolute atomic E-state index is 12.3. The second kappa shape index (κ2) is 6.49. The van der Waals surface area contributed by atoms with Gasteiger partial charge in [-0.25, -0.2) is 0 Å². The highest BCUT2D eigenvalue weighted by Crippen LogP contribution is 2.33. The van der Waals surface area contributed by atoms with Gasteiger partial charge in [0, 0.05) is 11.0 Å². The molecule has 1 aliphatic rings. The van der Waals surface area contributed by atoms with Crippen LogP contribution in [0.25, 0.3) is 0 Å². The number of methoxy groups -OCH3 is 3. The number of carbonyl (C=O) groups excluding carboxylic acids is 2. The standard InChI is InChI=1S/C15H14O5S/c1-18-9-4-6-10(7-5-9)21-12-8-11(16)14(19-2)15(20-3)13(12)17/h4-8H,1-3H3. The molecular formula is C15H14O5S. The number of carbonyl (C=O) groups is 2. The van der Waals surface area contributed by atoms with Crippen LogP contribution in [0, 0.1) is 0 Å². The van der Waals surface area contributed by atoms with Gasteiger partial charge in [0.15, 0.2) is 0 Å². The Bertz CT molecular complexity index is 628. The summed E-state index contributed by atoms with van der Waals surface area (Å²) in [6, 6.07) is 7.19. The van der Waals surface area contributed by atoms with Gasteiger partial charge in [-0.3, -0.25) is 9.59 Å². The van der Waals surface area contributed by atoms with E-state index in [1.165, 1.54) is 32.1 Å². The quantitative estimate of drug-likeness (QED) is 0.778. The van der Waals surface area contributed by atoms with Crippen molar-refractivity contribution in [3.05, 3.63) is 46.8 Å². The van der Waals surface area contributed by atoms with Crippen molar-refractivity contribution in [2.45, 2.75) is 4.90 Å². The molecule has 6 heteroatoms. The van der Waals surface area contributed by atoms with Crippen molar-refractivity contribution < 1.29 is 23.8 Å². The van der Waals surface area contributed by atoms with E-state index in [2.05, 4.69) is 0 Å². The minimum absolute atomic E-state index is 0.0680. The van der Waals surface area contributed by atoms with E-state index >= 15 is 0 Å². The lowest BCUT2D eigenvalue weighted by Crippen LogP contribution is -2.20. The van der Waals surface area contributed by atoms with E-state index in [0.29, 0.717) is 4.91 Å². The molecule has 0 N–H and O–H groups in total. The highest BCUT2D eigenvalue weighted by atomic mass is 32.2. The smallest absolute Gasteiger partial charge is 0.238 e. The summed E-state index contributed by atoms with van der Waals surface area (Å²) >= 11 is 1.19. The molecule has 0 spiro atoms. The number of ether oxygens (including phenoxy) is 3. The SMILES string of the molecule is COC1=C(OC)C(=O)C(Sc2ccc(OC)cc2)=CC1=O. The lowest BCUT2D eigenvalue weighted by atomic mass is 10.1. The Kier molecular flexibility index (Phi) is 4.70. The Hall–Kier alpha value is -2.21. The van der Waals surface area contributed by atoms with E-state index in [1.807, 2.05) is 12.1 Å². The van der Waals surface area contributed by atoms with Gasteiger partial charge in [-0.15, -0.1) is 0 Å². The van der Waals surface area contributed by atoms with Crippen LogP contribution in [0.15, 0.2) is 51.7 Å². The molecular weight excluding hydrogens is 292 g/mol. The molecule has 0 bridgehead atoms. The number of hydrogen-bond donors (Lipinski definition) is 0. The summed E-state index contributed by atoms with van der Waals surface area (Å²) in [6.07, 6.45) is 1.26. The van der Waals surface area contributed by atoms with Crippen LogP contribution in [0.4, 0.5) is 0 Å². The van der Waals surface area contributed by atoms with Crippen LogP contribution in [-0.4, -0.2) is 32.9 Å². The summed E-state index contributed by atoms with van der Waals surface area (Å²) in [5.41, 5.74) is 0. The van der Waals surface area contributed by atoms with Crippen LogP contribution < -0.4 is 4.74 Å². The van der Waals surface area contributed by atoms with Crippen molar-refractivity contribution in [2.24, 2.45) is 0 Å². The van der Waals surface area contributed by atoms with Crippen molar-refractivity contribution in [2.75, 3.05) is 21.3 Å². The third-order valence-electron chi connectivity index (χ3n) is 2.82. The van der Waals surface area contributed by atoms with E-state index in [0.717, 1.165) is 10.6 Å². The third-order valence-corrected chi connectivity index (χ3v) is 3.85. The predicted molar refractivity (Wildman–Crippen MR) is 78.0 cm³/mol. The fourth-order valence-electron chi connectivity index (χ4n) is 1.80. The van der Waals surface area contributed by atoms with E-state index in [-0.39, 0.29) is 23.1 Å². The number of hydrogen-bond acceptors (Lipinski definition) is 6. The molecule has 1 aliphatic carbocycles. The lowest BCUT2D eigenvalue weighted by Gasteiger charge is -2.16. The third kappa shape index (κ3) is 3.11. The summed E-state index contributed by atoms with van der Waals surface area (Å²) in [4.78, 5) is 25.3. The van der Waals surface area contributed by atoms with Crippen LogP contribution in [0.2, 0.25) is 0 Å². The van der Waals surface area contributed by atoms with E-state index in [9.17, 15) is 9.59 Å². The van der Waals surface area contributed by atoms with Crippen molar-refractivity contribution in [1.82, 2.24) is 0 Å². The highest BCUT2D eigenvalue weighted by Gasteiger charge is 2.31. The fourth-order valence-corrected chi connectivity index (χ4v) is 2.68. The molecule has 0 heterocycles. The summed E-state index contributed by atoms with van der Waals surface area (Å²) < 4.78 is 15.0. The highest BCUT2D eigenvalue weighted by molar-refractivity contribution is 8.04. The Morgan fingerprint density at radius 2 is 1.48 bits per heavy atom. The summed E-state index contributed by atoms with van der Waals surface area (Å²) in [5, 5.41) is 0. The number of benzene rings is 1. The van der Waals surface area contributed by atoms with Crippen molar-refractivity contribution in [3.8, 4) is 5.75 Å². The van der Waals surface area contributed by atoms with Gasteiger partial charge < -0.3 is 14.2 Å². The zero-order valence-corrected chi connectivity index (χ0v) is 12.7. The summed E-state index contributed by atoms with van der Waals surface area (Å²) in [6.45, 7) is 0. The van der Waals surface area contributed by atoms with Crippen molar-refractivity contribution in [1.29, 1.82) is 0 Å². The molecule has 0 saturated carbocycles. The first kappa shape index (κ1) is 15.2. The van der Waals surface area contributed by atoms with Crippen LogP contribution in [-0.2, 0) is 19.1 Å². The maximum Gasteiger partial charge on any atom is 0.238 e. The van der Waals surface area contributed by atoms with Gasteiger partial charge in [0.25, 0.3) is 0 Å². The molecule has 5 nitrogen and oxygen atoms in total. The molecule has 1 aromatic rings. The molecule has 0 aromatic heterocycles. The Labute approximate surface area is 126 Å². The number of rotatable bonds is 5. The molecule has 21 heavy (non-hydrogen) atoms. The predicted octanol–water partition coefficient (Wildman–Crippen LogP) is 2.33. The lowest BCUT2D eigenvalue weighted by molar-refractivity contribution is -0.119. The first-order valence-corrected chi connectivity index (χ1v) is 6.87. The van der Waals surface area contributed by atoms with Gasteiger partial charge in [0.1, 0.15) is 5.75 Å². The van der Waals surface area contributed by atoms with Gasteiger partial charge in [-0.05, 0) is 24.3 Å². The Morgan fingerprint density at radius 1 is 0.857 bits per heavy atom. The average Bonchev–Trinajstić information content (AvgIpc) is 2.50. The minimum Gasteiger partial charge on any atom is -0.497 e. The van der Waals surface area contributed by atoms with Gasteiger partial charge in [0.2, 0.25) is 23.1 Å². The number of Topliss-reactive ketones (excluding diaryl/α,β-unsaturated/α-hetero) is 1. The number of thioether (sulfide) groups is 1. The average molecular weight is 306 g/mol. The second-order valence-corrected chi connectivity index (χ2v) is 5.16. The van der Waals surface area contributed by atoms with Crippen LogP contribution in [0.1, 0.15) is 0 Å². The zero-order chi connectivity index (χ0) is 15.4. The maximum atomic E-state index is 12.3. The largest absolute Gasteiger partial charge is 0.497 e. The molecule has 0 amide bonds. The normalized spacial score (nSPS) is 14.9. The fraction of sp³-hybridized carbons (Fsp3) is 0.200. The minimum atomic E-state index is -0.384. The molecule has 0 unspecified atom stereocenters. The topological polar surface area (TPSA) is 61.8 Å². The van der Waals surface area contributed by atoms with Crippen LogP contribution in [0.3, 0.4) is 0 Å². The van der Waals surface area contributed by atoms with Gasteiger partial charge in [-0.1, -0.05) is 11.8 Å².